The summed E-state index contributed by atoms with van der Waals surface area (Å²) in [5.41, 5.74) is -0.0382. The van der Waals surface area contributed by atoms with Crippen LogP contribution in [0.2, 0.25) is 0 Å². The molecule has 0 aliphatic carbocycles. The van der Waals surface area contributed by atoms with Crippen LogP contribution in [0.25, 0.3) is 0 Å². The molecule has 1 saturated heterocycles. The van der Waals surface area contributed by atoms with E-state index >= 15 is 0 Å². The van der Waals surface area contributed by atoms with Crippen molar-refractivity contribution in [1.82, 2.24) is 14.3 Å². The number of carbonyl (C=O) groups is 1. The van der Waals surface area contributed by atoms with Gasteiger partial charge in [-0.2, -0.15) is 4.37 Å². The van der Waals surface area contributed by atoms with Gasteiger partial charge in [0.2, 0.25) is 5.13 Å². The summed E-state index contributed by atoms with van der Waals surface area (Å²) in [7, 11) is 1.62. The summed E-state index contributed by atoms with van der Waals surface area (Å²) in [5.74, 6) is 0.967. The van der Waals surface area contributed by atoms with Gasteiger partial charge in [0, 0.05) is 55.8 Å². The number of non-ortho nitro benzene ring substituents is 2. The van der Waals surface area contributed by atoms with Crippen LogP contribution < -0.4 is 9.64 Å². The largest absolute Gasteiger partial charge is 0.497 e. The molecule has 1 fully saturated rings. The van der Waals surface area contributed by atoms with Crippen LogP contribution in [-0.4, -0.2) is 62.8 Å². The number of nitrogens with zero attached hydrogens (tertiary/aromatic N) is 6. The Hall–Kier alpha value is -4.13. The maximum atomic E-state index is 13.1. The van der Waals surface area contributed by atoms with E-state index in [1.807, 2.05) is 36.1 Å². The number of nitro benzene ring substituents is 2. The van der Waals surface area contributed by atoms with Crippen LogP contribution in [0, 0.1) is 20.2 Å². The lowest BCUT2D eigenvalue weighted by molar-refractivity contribution is -0.394. The molecule has 2 heterocycles. The highest BCUT2D eigenvalue weighted by Crippen LogP contribution is 2.27. The number of hydrogen-bond donors (Lipinski definition) is 0. The molecule has 2 aromatic carbocycles. The molecule has 0 spiro atoms. The third-order valence-corrected chi connectivity index (χ3v) is 6.50. The van der Waals surface area contributed by atoms with Crippen LogP contribution in [0.3, 0.4) is 0 Å². The molecule has 0 N–H and O–H groups in total. The first kappa shape index (κ1) is 24.0. The number of hydrogen-bond acceptors (Lipinski definition) is 10. The van der Waals surface area contributed by atoms with Gasteiger partial charge < -0.3 is 14.5 Å². The quantitative estimate of drug-likeness (QED) is 0.354. The van der Waals surface area contributed by atoms with Crippen molar-refractivity contribution in [1.29, 1.82) is 0 Å². The van der Waals surface area contributed by atoms with E-state index in [0.29, 0.717) is 31.9 Å². The summed E-state index contributed by atoms with van der Waals surface area (Å²) in [5, 5.41) is 23.1. The third-order valence-electron chi connectivity index (χ3n) is 5.68. The summed E-state index contributed by atoms with van der Waals surface area (Å²) in [6.07, 6.45) is 0.563. The lowest BCUT2D eigenvalue weighted by Crippen LogP contribution is -2.54. The number of anilines is 1. The van der Waals surface area contributed by atoms with Gasteiger partial charge in [-0.15, -0.1) is 0 Å². The first-order valence-electron chi connectivity index (χ1n) is 10.7. The number of aromatic nitrogens is 2. The Morgan fingerprint density at radius 1 is 1.14 bits per heavy atom. The van der Waals surface area contributed by atoms with Crippen molar-refractivity contribution < 1.29 is 19.4 Å². The number of ether oxygens (including phenoxy) is 1. The van der Waals surface area contributed by atoms with E-state index in [1.54, 1.807) is 12.0 Å². The second-order valence-corrected chi connectivity index (χ2v) is 8.80. The first-order valence-corrected chi connectivity index (χ1v) is 11.5. The fraction of sp³-hybridized carbons (Fsp3) is 0.318. The summed E-state index contributed by atoms with van der Waals surface area (Å²) in [6, 6.07) is 10.4. The molecule has 182 valence electrons. The monoisotopic (exact) mass is 498 g/mol. The summed E-state index contributed by atoms with van der Waals surface area (Å²) >= 11 is 1.28. The Bertz CT molecular complexity index is 1250. The van der Waals surface area contributed by atoms with Gasteiger partial charge in [-0.05, 0) is 24.6 Å². The predicted molar refractivity (Wildman–Crippen MR) is 128 cm³/mol. The van der Waals surface area contributed by atoms with Crippen molar-refractivity contribution in [3.05, 3.63) is 79.6 Å². The molecule has 1 unspecified atom stereocenters. The van der Waals surface area contributed by atoms with Gasteiger partial charge in [-0.25, -0.2) is 4.98 Å². The number of rotatable bonds is 7. The number of piperazine rings is 1. The molecule has 1 aliphatic rings. The maximum absolute atomic E-state index is 13.1. The highest BCUT2D eigenvalue weighted by atomic mass is 32.1. The molecule has 1 amide bonds. The Morgan fingerprint density at radius 2 is 1.86 bits per heavy atom. The molecule has 0 bridgehead atoms. The Labute approximate surface area is 204 Å². The maximum Gasteiger partial charge on any atom is 0.277 e. The van der Waals surface area contributed by atoms with Crippen LogP contribution in [0.15, 0.2) is 42.5 Å². The molecule has 3 aromatic rings. The highest BCUT2D eigenvalue weighted by Gasteiger charge is 2.31. The van der Waals surface area contributed by atoms with Crippen molar-refractivity contribution in [2.75, 3.05) is 31.6 Å². The zero-order valence-electron chi connectivity index (χ0n) is 19.0. The second-order valence-electron chi connectivity index (χ2n) is 8.07. The van der Waals surface area contributed by atoms with E-state index < -0.39 is 27.1 Å². The van der Waals surface area contributed by atoms with Gasteiger partial charge in [0.1, 0.15) is 11.6 Å². The molecule has 1 aliphatic heterocycles. The molecule has 35 heavy (non-hydrogen) atoms. The molecular weight excluding hydrogens is 476 g/mol. The first-order chi connectivity index (χ1) is 16.7. The molecule has 0 saturated carbocycles. The average molecular weight is 499 g/mol. The van der Waals surface area contributed by atoms with Crippen molar-refractivity contribution >= 4 is 33.9 Å². The molecule has 4 rings (SSSR count). The lowest BCUT2D eigenvalue weighted by atomic mass is 10.1. The van der Waals surface area contributed by atoms with E-state index in [2.05, 4.69) is 9.36 Å². The number of nitro groups is 2. The average Bonchev–Trinajstić information content (AvgIpc) is 3.31. The zero-order chi connectivity index (χ0) is 25.1. The van der Waals surface area contributed by atoms with Crippen LogP contribution >= 0.6 is 11.5 Å². The Morgan fingerprint density at radius 3 is 2.49 bits per heavy atom. The SMILES string of the molecule is COc1cccc(Cc2nsc(N3CCN(C(=O)c4cc([N+](=O)[O-])cc([N+](=O)[O-])c4)C(C)C3)n2)c1. The second kappa shape index (κ2) is 10.0. The van der Waals surface area contributed by atoms with Crippen molar-refractivity contribution in [3.8, 4) is 5.75 Å². The van der Waals surface area contributed by atoms with Gasteiger partial charge in [0.05, 0.1) is 28.6 Å². The third kappa shape index (κ3) is 5.35. The minimum absolute atomic E-state index is 0.0808. The molecule has 13 heteroatoms. The van der Waals surface area contributed by atoms with Crippen LogP contribution in [0.1, 0.15) is 28.7 Å². The number of amides is 1. The number of carbonyl (C=O) groups excluding carboxylic acids is 1. The van der Waals surface area contributed by atoms with Crippen molar-refractivity contribution in [2.45, 2.75) is 19.4 Å². The van der Waals surface area contributed by atoms with Gasteiger partial charge in [-0.3, -0.25) is 25.0 Å². The van der Waals surface area contributed by atoms with Crippen LogP contribution in [0.4, 0.5) is 16.5 Å². The number of methoxy groups -OCH3 is 1. The summed E-state index contributed by atoms with van der Waals surface area (Å²) < 4.78 is 9.72. The smallest absolute Gasteiger partial charge is 0.277 e. The topological polar surface area (TPSA) is 145 Å². The standard InChI is InChI=1S/C22H22N6O6S/c1-14-13-25(22-23-20(24-35-22)9-15-4-3-5-19(8-15)34-2)6-7-26(14)21(29)16-10-17(27(30)31)12-18(11-16)28(32)33/h3-5,8,10-12,14H,6-7,9,13H2,1-2H3. The summed E-state index contributed by atoms with van der Waals surface area (Å²) in [4.78, 5) is 42.2. The van der Waals surface area contributed by atoms with E-state index in [9.17, 15) is 25.0 Å². The molecule has 12 nitrogen and oxygen atoms in total. The van der Waals surface area contributed by atoms with Gasteiger partial charge in [-0.1, -0.05) is 12.1 Å². The van der Waals surface area contributed by atoms with E-state index in [4.69, 9.17) is 4.74 Å². The minimum atomic E-state index is -0.746. The van der Waals surface area contributed by atoms with Crippen molar-refractivity contribution in [3.63, 3.8) is 0 Å². The van der Waals surface area contributed by atoms with E-state index in [0.717, 1.165) is 34.6 Å². The lowest BCUT2D eigenvalue weighted by Gasteiger charge is -2.39. The Balaban J connectivity index is 1.45. The molecule has 0 radical (unpaired) electrons. The zero-order valence-corrected chi connectivity index (χ0v) is 19.8. The fourth-order valence-corrected chi connectivity index (χ4v) is 4.66. The fourth-order valence-electron chi connectivity index (χ4n) is 3.94. The minimum Gasteiger partial charge on any atom is -0.497 e. The van der Waals surface area contributed by atoms with Gasteiger partial charge in [0.15, 0.2) is 0 Å². The Kier molecular flexibility index (Phi) is 6.87. The number of benzene rings is 2. The van der Waals surface area contributed by atoms with E-state index in [1.165, 1.54) is 11.5 Å². The molecule has 1 aromatic heterocycles. The van der Waals surface area contributed by atoms with Crippen molar-refractivity contribution in [2.24, 2.45) is 0 Å². The van der Waals surface area contributed by atoms with Crippen LogP contribution in [-0.2, 0) is 6.42 Å². The predicted octanol–water partition coefficient (Wildman–Crippen LogP) is 3.30. The van der Waals surface area contributed by atoms with Gasteiger partial charge >= 0.3 is 0 Å². The normalized spacial score (nSPS) is 15.7. The van der Waals surface area contributed by atoms with E-state index in [-0.39, 0.29) is 11.6 Å². The molecule has 1 atom stereocenters. The highest BCUT2D eigenvalue weighted by molar-refractivity contribution is 7.09. The molecular formula is C22H22N6O6S. The van der Waals surface area contributed by atoms with Crippen LogP contribution in [0.5, 0.6) is 5.75 Å². The van der Waals surface area contributed by atoms with Gasteiger partial charge in [0.25, 0.3) is 17.3 Å². The summed E-state index contributed by atoms with van der Waals surface area (Å²) in [6.45, 7) is 3.16.